The number of aromatic amines is 2. The summed E-state index contributed by atoms with van der Waals surface area (Å²) >= 11 is 0. The van der Waals surface area contributed by atoms with E-state index in [-0.39, 0.29) is 17.8 Å². The molecule has 0 saturated carbocycles. The van der Waals surface area contributed by atoms with Crippen LogP contribution in [-0.4, -0.2) is 24.3 Å². The van der Waals surface area contributed by atoms with Gasteiger partial charge in [-0.2, -0.15) is 5.10 Å². The molecule has 1 unspecified atom stereocenters. The third-order valence-electron chi connectivity index (χ3n) is 6.44. The topological polar surface area (TPSA) is 71.4 Å². The summed E-state index contributed by atoms with van der Waals surface area (Å²) in [6.45, 7) is 8.50. The van der Waals surface area contributed by atoms with Gasteiger partial charge in [-0.25, -0.2) is 4.79 Å². The predicted molar refractivity (Wildman–Crippen MR) is 118 cm³/mol. The Balaban J connectivity index is 1.84. The lowest BCUT2D eigenvalue weighted by molar-refractivity contribution is 0.476. The number of imidazole rings is 1. The van der Waals surface area contributed by atoms with Gasteiger partial charge in [0.15, 0.2) is 0 Å². The summed E-state index contributed by atoms with van der Waals surface area (Å²) < 4.78 is 3.95. The van der Waals surface area contributed by atoms with Crippen LogP contribution in [0.2, 0.25) is 0 Å². The van der Waals surface area contributed by atoms with Crippen LogP contribution in [0, 0.1) is 0 Å². The lowest BCUT2D eigenvalue weighted by atomic mass is 10.1. The van der Waals surface area contributed by atoms with Gasteiger partial charge in [0.25, 0.3) is 0 Å². The fourth-order valence-corrected chi connectivity index (χ4v) is 5.10. The Morgan fingerprint density at radius 3 is 2.66 bits per heavy atom. The minimum Gasteiger partial charge on any atom is -0.353 e. The van der Waals surface area contributed by atoms with E-state index >= 15 is 0 Å². The molecule has 0 spiro atoms. The number of hydrogen-bond acceptors (Lipinski definition) is 2. The monoisotopic (exact) mass is 391 g/mol. The molecule has 0 bridgehead atoms. The first kappa shape index (κ1) is 18.3. The van der Waals surface area contributed by atoms with Crippen molar-refractivity contribution < 1.29 is 0 Å². The number of hydrogen-bond donors (Lipinski definition) is 2. The number of nitrogens with one attached hydrogen (secondary N) is 2. The molecular formula is C23H29N5O. The molecule has 0 saturated heterocycles. The molecular weight excluding hydrogens is 362 g/mol. The van der Waals surface area contributed by atoms with Crippen molar-refractivity contribution in [3.8, 4) is 11.4 Å². The summed E-state index contributed by atoms with van der Waals surface area (Å²) in [6, 6.07) is 4.72. The average molecular weight is 392 g/mol. The summed E-state index contributed by atoms with van der Waals surface area (Å²) in [7, 11) is 0. The number of H-pyrrole nitrogens is 2. The second kappa shape index (κ2) is 6.65. The van der Waals surface area contributed by atoms with Gasteiger partial charge in [0.2, 0.25) is 0 Å². The Morgan fingerprint density at radius 1 is 1.10 bits per heavy atom. The molecule has 0 amide bonds. The molecule has 152 valence electrons. The highest BCUT2D eigenvalue weighted by molar-refractivity contribution is 5.99. The van der Waals surface area contributed by atoms with E-state index < -0.39 is 0 Å². The molecule has 1 atom stereocenters. The van der Waals surface area contributed by atoms with Gasteiger partial charge < -0.3 is 4.98 Å². The quantitative estimate of drug-likeness (QED) is 0.508. The Hall–Kier alpha value is -2.76. The first-order chi connectivity index (χ1) is 14.0. The van der Waals surface area contributed by atoms with Gasteiger partial charge in [-0.05, 0) is 69.7 Å². The SMILES string of the molecule is CCCC(C)n1c(=O)n(C(C)C)c2cc3[nH]c4c(c3cc21)CCCc1cn[nH]c1-4. The molecule has 1 aromatic carbocycles. The second-order valence-electron chi connectivity index (χ2n) is 8.74. The average Bonchev–Trinajstić information content (AvgIpc) is 3.31. The van der Waals surface area contributed by atoms with Crippen LogP contribution in [0.3, 0.4) is 0 Å². The van der Waals surface area contributed by atoms with Crippen molar-refractivity contribution in [3.05, 3.63) is 39.9 Å². The van der Waals surface area contributed by atoms with Crippen LogP contribution in [0.15, 0.2) is 23.1 Å². The van der Waals surface area contributed by atoms with Crippen LogP contribution in [-0.2, 0) is 12.8 Å². The van der Waals surface area contributed by atoms with Crippen LogP contribution in [0.25, 0.3) is 33.3 Å². The summed E-state index contributed by atoms with van der Waals surface area (Å²) in [5.41, 5.74) is 8.15. The zero-order chi connectivity index (χ0) is 20.3. The van der Waals surface area contributed by atoms with Crippen molar-refractivity contribution in [2.24, 2.45) is 0 Å². The summed E-state index contributed by atoms with van der Waals surface area (Å²) in [5, 5.41) is 8.70. The zero-order valence-corrected chi connectivity index (χ0v) is 17.7. The zero-order valence-electron chi connectivity index (χ0n) is 17.7. The van der Waals surface area contributed by atoms with Crippen molar-refractivity contribution in [3.63, 3.8) is 0 Å². The minimum atomic E-state index is 0.102. The number of fused-ring (bicyclic) bond motifs is 6. The van der Waals surface area contributed by atoms with Crippen LogP contribution in [0.4, 0.5) is 0 Å². The van der Waals surface area contributed by atoms with E-state index in [1.165, 1.54) is 16.5 Å². The number of rotatable bonds is 4. The fraction of sp³-hybridized carbons (Fsp3) is 0.478. The molecule has 0 aliphatic heterocycles. The first-order valence-corrected chi connectivity index (χ1v) is 10.8. The summed E-state index contributed by atoms with van der Waals surface area (Å²) in [4.78, 5) is 17.0. The smallest absolute Gasteiger partial charge is 0.329 e. The number of aryl methyl sites for hydroxylation is 2. The number of benzene rings is 1. The lowest BCUT2D eigenvalue weighted by Gasteiger charge is -2.12. The molecule has 6 heteroatoms. The molecule has 0 radical (unpaired) electrons. The molecule has 3 heterocycles. The third kappa shape index (κ3) is 2.61. The van der Waals surface area contributed by atoms with Crippen molar-refractivity contribution in [1.82, 2.24) is 24.3 Å². The molecule has 1 aliphatic rings. The van der Waals surface area contributed by atoms with E-state index in [0.717, 1.165) is 60.0 Å². The predicted octanol–water partition coefficient (Wildman–Crippen LogP) is 5.11. The Kier molecular flexibility index (Phi) is 4.19. The second-order valence-corrected chi connectivity index (χ2v) is 8.74. The van der Waals surface area contributed by atoms with E-state index in [9.17, 15) is 4.79 Å². The van der Waals surface area contributed by atoms with Gasteiger partial charge in [0.1, 0.15) is 0 Å². The normalized spacial score (nSPS) is 15.1. The Labute approximate surface area is 169 Å². The van der Waals surface area contributed by atoms with Gasteiger partial charge in [-0.3, -0.25) is 14.2 Å². The molecule has 1 aliphatic carbocycles. The van der Waals surface area contributed by atoms with Gasteiger partial charge >= 0.3 is 5.69 Å². The van der Waals surface area contributed by atoms with E-state index in [0.29, 0.717) is 0 Å². The van der Waals surface area contributed by atoms with Crippen molar-refractivity contribution >= 4 is 21.9 Å². The molecule has 29 heavy (non-hydrogen) atoms. The van der Waals surface area contributed by atoms with Gasteiger partial charge in [0, 0.05) is 23.0 Å². The lowest BCUT2D eigenvalue weighted by Crippen LogP contribution is -2.27. The largest absolute Gasteiger partial charge is 0.353 e. The Morgan fingerprint density at radius 2 is 1.90 bits per heavy atom. The molecule has 5 rings (SSSR count). The standard InChI is InChI=1S/C23H29N5O/c1-5-7-14(4)28-19-10-17-16-9-6-8-15-12-24-26-21(15)22(16)25-18(17)11-20(19)27(13(2)3)23(28)29/h10-14,25H,5-9H2,1-4H3,(H,24,26). The fourth-order valence-electron chi connectivity index (χ4n) is 5.10. The highest BCUT2D eigenvalue weighted by atomic mass is 16.1. The highest BCUT2D eigenvalue weighted by Gasteiger charge is 2.24. The van der Waals surface area contributed by atoms with Crippen LogP contribution < -0.4 is 5.69 Å². The number of nitrogens with zero attached hydrogens (tertiary/aromatic N) is 3. The maximum absolute atomic E-state index is 13.3. The maximum atomic E-state index is 13.3. The molecule has 6 nitrogen and oxygen atoms in total. The van der Waals surface area contributed by atoms with E-state index in [4.69, 9.17) is 0 Å². The minimum absolute atomic E-state index is 0.102. The molecule has 2 N–H and O–H groups in total. The van der Waals surface area contributed by atoms with Gasteiger partial charge in [-0.15, -0.1) is 0 Å². The van der Waals surface area contributed by atoms with Crippen molar-refractivity contribution in [1.29, 1.82) is 0 Å². The summed E-state index contributed by atoms with van der Waals surface area (Å²) in [6.07, 6.45) is 7.19. The van der Waals surface area contributed by atoms with E-state index in [1.807, 2.05) is 15.3 Å². The van der Waals surface area contributed by atoms with Gasteiger partial charge in [0.05, 0.1) is 28.6 Å². The van der Waals surface area contributed by atoms with E-state index in [1.54, 1.807) is 0 Å². The Bertz CT molecular complexity index is 1270. The molecule has 3 aromatic heterocycles. The molecule has 4 aromatic rings. The van der Waals surface area contributed by atoms with Gasteiger partial charge in [-0.1, -0.05) is 13.3 Å². The maximum Gasteiger partial charge on any atom is 0.329 e. The molecule has 0 fully saturated rings. The van der Waals surface area contributed by atoms with Crippen LogP contribution >= 0.6 is 0 Å². The number of aromatic nitrogens is 5. The van der Waals surface area contributed by atoms with Crippen molar-refractivity contribution in [2.45, 2.75) is 71.9 Å². The summed E-state index contributed by atoms with van der Waals surface area (Å²) in [5.74, 6) is 0. The van der Waals surface area contributed by atoms with Crippen LogP contribution in [0.5, 0.6) is 0 Å². The van der Waals surface area contributed by atoms with E-state index in [2.05, 4.69) is 55.0 Å². The third-order valence-corrected chi connectivity index (χ3v) is 6.44. The first-order valence-electron chi connectivity index (χ1n) is 10.8. The van der Waals surface area contributed by atoms with Crippen LogP contribution in [0.1, 0.15) is 70.2 Å². The van der Waals surface area contributed by atoms with Crippen molar-refractivity contribution in [2.75, 3.05) is 0 Å². The highest BCUT2D eigenvalue weighted by Crippen LogP contribution is 2.37.